The van der Waals surface area contributed by atoms with E-state index in [0.29, 0.717) is 27.7 Å². The Kier molecular flexibility index (Phi) is 12.3. The highest BCUT2D eigenvalue weighted by molar-refractivity contribution is 7.92. The Morgan fingerprint density at radius 2 is 1.60 bits per heavy atom. The second-order valence-electron chi connectivity index (χ2n) is 10.6. The summed E-state index contributed by atoms with van der Waals surface area (Å²) >= 11 is 12.6. The molecule has 1 unspecified atom stereocenters. The standard InChI is InChI=1S/C32H39Cl2N3O4S/c1-5-24-13-17-28(18-14-24)37(42(4,40)41)19-9-12-31(38)36(22-26-15-16-27(33)21-29(26)34)30(32(39)35-23(2)3)20-25-10-7-6-8-11-25/h6-8,10-11,13-18,21,23,30H,5,9,12,19-20,22H2,1-4H3,(H,35,39). The van der Waals surface area contributed by atoms with Crippen molar-refractivity contribution in [2.75, 3.05) is 17.1 Å². The maximum atomic E-state index is 13.9. The fraction of sp³-hybridized carbons (Fsp3) is 0.375. The first-order valence-electron chi connectivity index (χ1n) is 14.0. The van der Waals surface area contributed by atoms with Crippen LogP contribution in [0.25, 0.3) is 0 Å². The lowest BCUT2D eigenvalue weighted by atomic mass is 10.0. The van der Waals surface area contributed by atoms with Gasteiger partial charge in [-0.2, -0.15) is 0 Å². The van der Waals surface area contributed by atoms with Crippen LogP contribution in [0.4, 0.5) is 5.69 Å². The molecule has 0 fully saturated rings. The summed E-state index contributed by atoms with van der Waals surface area (Å²) in [6.45, 7) is 5.97. The molecular formula is C32H39Cl2N3O4S. The van der Waals surface area contributed by atoms with Crippen molar-refractivity contribution in [3.05, 3.63) is 99.5 Å². The van der Waals surface area contributed by atoms with E-state index in [1.165, 1.54) is 4.31 Å². The molecule has 0 heterocycles. The Morgan fingerprint density at radius 3 is 2.17 bits per heavy atom. The average Bonchev–Trinajstić information content (AvgIpc) is 2.93. The Labute approximate surface area is 259 Å². The van der Waals surface area contributed by atoms with Gasteiger partial charge in [0.05, 0.1) is 11.9 Å². The first kappa shape index (κ1) is 33.4. The zero-order valence-electron chi connectivity index (χ0n) is 24.5. The molecule has 0 spiro atoms. The molecule has 0 saturated carbocycles. The summed E-state index contributed by atoms with van der Waals surface area (Å²) in [7, 11) is -3.58. The lowest BCUT2D eigenvalue weighted by molar-refractivity contribution is -0.141. The number of benzene rings is 3. The molecule has 42 heavy (non-hydrogen) atoms. The highest BCUT2D eigenvalue weighted by Gasteiger charge is 2.31. The molecular weight excluding hydrogens is 593 g/mol. The maximum absolute atomic E-state index is 13.9. The topological polar surface area (TPSA) is 86.8 Å². The van der Waals surface area contributed by atoms with Crippen LogP contribution in [0.3, 0.4) is 0 Å². The summed E-state index contributed by atoms with van der Waals surface area (Å²) in [5.41, 5.74) is 3.20. The third kappa shape index (κ3) is 9.75. The molecule has 1 atom stereocenters. The van der Waals surface area contributed by atoms with Crippen LogP contribution in [-0.2, 0) is 39.0 Å². The Morgan fingerprint density at radius 1 is 0.929 bits per heavy atom. The van der Waals surface area contributed by atoms with Gasteiger partial charge in [-0.1, -0.05) is 78.7 Å². The van der Waals surface area contributed by atoms with Gasteiger partial charge in [-0.05, 0) is 67.6 Å². The van der Waals surface area contributed by atoms with Gasteiger partial charge in [0.25, 0.3) is 0 Å². The molecule has 1 N–H and O–H groups in total. The summed E-state index contributed by atoms with van der Waals surface area (Å²) in [6.07, 6.45) is 2.59. The summed E-state index contributed by atoms with van der Waals surface area (Å²) in [4.78, 5) is 29.0. The minimum atomic E-state index is -3.58. The van der Waals surface area contributed by atoms with Crippen LogP contribution in [0, 0.1) is 0 Å². The van der Waals surface area contributed by atoms with Gasteiger partial charge < -0.3 is 10.2 Å². The normalized spacial score (nSPS) is 12.2. The average molecular weight is 633 g/mol. The zero-order chi connectivity index (χ0) is 30.9. The molecule has 3 aromatic rings. The van der Waals surface area contributed by atoms with Gasteiger partial charge in [-0.15, -0.1) is 0 Å². The number of amides is 2. The molecule has 3 aromatic carbocycles. The first-order chi connectivity index (χ1) is 19.9. The molecule has 0 aliphatic carbocycles. The van der Waals surface area contributed by atoms with Crippen LogP contribution in [0.5, 0.6) is 0 Å². The van der Waals surface area contributed by atoms with E-state index in [0.717, 1.165) is 23.8 Å². The van der Waals surface area contributed by atoms with Crippen molar-refractivity contribution in [3.8, 4) is 0 Å². The Bertz CT molecular complexity index is 1450. The number of aryl methyl sites for hydroxylation is 1. The highest BCUT2D eigenvalue weighted by Crippen LogP contribution is 2.25. The molecule has 0 saturated heterocycles. The van der Waals surface area contributed by atoms with Crippen molar-refractivity contribution in [1.29, 1.82) is 0 Å². The van der Waals surface area contributed by atoms with E-state index >= 15 is 0 Å². The van der Waals surface area contributed by atoms with E-state index in [1.807, 2.05) is 63.2 Å². The van der Waals surface area contributed by atoms with Gasteiger partial charge in [0.1, 0.15) is 6.04 Å². The number of sulfonamides is 1. The molecule has 3 rings (SSSR count). The first-order valence-corrected chi connectivity index (χ1v) is 16.6. The smallest absolute Gasteiger partial charge is 0.243 e. The molecule has 0 aliphatic rings. The van der Waals surface area contributed by atoms with E-state index < -0.39 is 16.1 Å². The van der Waals surface area contributed by atoms with Gasteiger partial charge in [-0.25, -0.2) is 8.42 Å². The second-order valence-corrected chi connectivity index (χ2v) is 13.3. The molecule has 7 nitrogen and oxygen atoms in total. The molecule has 0 radical (unpaired) electrons. The predicted molar refractivity (Wildman–Crippen MR) is 171 cm³/mol. The molecule has 0 bridgehead atoms. The van der Waals surface area contributed by atoms with Crippen LogP contribution in [0.2, 0.25) is 10.0 Å². The van der Waals surface area contributed by atoms with Crippen molar-refractivity contribution in [3.63, 3.8) is 0 Å². The summed E-state index contributed by atoms with van der Waals surface area (Å²) in [5.74, 6) is -0.559. The van der Waals surface area contributed by atoms with E-state index in [1.54, 1.807) is 35.2 Å². The quantitative estimate of drug-likeness (QED) is 0.227. The highest BCUT2D eigenvalue weighted by atomic mass is 35.5. The monoisotopic (exact) mass is 631 g/mol. The molecule has 0 aliphatic heterocycles. The summed E-state index contributed by atoms with van der Waals surface area (Å²) in [5, 5.41) is 3.81. The minimum absolute atomic E-state index is 0.0323. The van der Waals surface area contributed by atoms with E-state index in [9.17, 15) is 18.0 Å². The SMILES string of the molecule is CCc1ccc(N(CCCC(=O)N(Cc2ccc(Cl)cc2Cl)C(Cc2ccccc2)C(=O)NC(C)C)S(C)(=O)=O)cc1. The van der Waals surface area contributed by atoms with Crippen molar-refractivity contribution in [1.82, 2.24) is 10.2 Å². The number of rotatable bonds is 14. The maximum Gasteiger partial charge on any atom is 0.243 e. The van der Waals surface area contributed by atoms with Crippen molar-refractivity contribution in [2.45, 2.75) is 65.1 Å². The number of nitrogens with zero attached hydrogens (tertiary/aromatic N) is 2. The van der Waals surface area contributed by atoms with Gasteiger partial charge >= 0.3 is 0 Å². The Balaban J connectivity index is 1.90. The van der Waals surface area contributed by atoms with Crippen LogP contribution in [0.15, 0.2) is 72.8 Å². The second kappa shape index (κ2) is 15.4. The van der Waals surface area contributed by atoms with E-state index in [2.05, 4.69) is 5.32 Å². The largest absolute Gasteiger partial charge is 0.352 e. The summed E-state index contributed by atoms with van der Waals surface area (Å²) < 4.78 is 26.6. The number of anilines is 1. The fourth-order valence-corrected chi connectivity index (χ4v) is 6.10. The van der Waals surface area contributed by atoms with E-state index in [-0.39, 0.29) is 43.8 Å². The lowest BCUT2D eigenvalue weighted by Gasteiger charge is -2.32. The number of carbonyl (C=O) groups is 2. The van der Waals surface area contributed by atoms with Gasteiger partial charge in [0.2, 0.25) is 21.8 Å². The van der Waals surface area contributed by atoms with Gasteiger partial charge in [0.15, 0.2) is 0 Å². The molecule has 0 aromatic heterocycles. The summed E-state index contributed by atoms with van der Waals surface area (Å²) in [6, 6.07) is 21.0. The number of hydrogen-bond acceptors (Lipinski definition) is 4. The fourth-order valence-electron chi connectivity index (χ4n) is 4.67. The number of halogens is 2. The predicted octanol–water partition coefficient (Wildman–Crippen LogP) is 6.27. The lowest BCUT2D eigenvalue weighted by Crippen LogP contribution is -2.51. The van der Waals surface area contributed by atoms with E-state index in [4.69, 9.17) is 23.2 Å². The number of carbonyl (C=O) groups excluding carboxylic acids is 2. The van der Waals surface area contributed by atoms with Crippen LogP contribution >= 0.6 is 23.2 Å². The van der Waals surface area contributed by atoms with Gasteiger partial charge in [-0.3, -0.25) is 13.9 Å². The number of nitrogens with one attached hydrogen (secondary N) is 1. The zero-order valence-corrected chi connectivity index (χ0v) is 26.8. The third-order valence-corrected chi connectivity index (χ3v) is 8.62. The van der Waals surface area contributed by atoms with Crippen molar-refractivity contribution >= 4 is 50.7 Å². The minimum Gasteiger partial charge on any atom is -0.352 e. The van der Waals surface area contributed by atoms with Gasteiger partial charge in [0, 0.05) is 42.0 Å². The van der Waals surface area contributed by atoms with Crippen LogP contribution in [0.1, 0.15) is 50.3 Å². The number of hydrogen-bond donors (Lipinski definition) is 1. The van der Waals surface area contributed by atoms with Crippen molar-refractivity contribution in [2.24, 2.45) is 0 Å². The third-order valence-electron chi connectivity index (χ3n) is 6.84. The molecule has 226 valence electrons. The molecule has 10 heteroatoms. The Hall–Kier alpha value is -3.07. The molecule has 2 amide bonds. The van der Waals surface area contributed by atoms with Crippen molar-refractivity contribution < 1.29 is 18.0 Å². The van der Waals surface area contributed by atoms with Crippen LogP contribution < -0.4 is 9.62 Å². The van der Waals surface area contributed by atoms with Crippen LogP contribution in [-0.4, -0.2) is 50.0 Å².